The van der Waals surface area contributed by atoms with Crippen LogP contribution < -0.4 is 11.2 Å². The minimum absolute atomic E-state index is 0.0772. The summed E-state index contributed by atoms with van der Waals surface area (Å²) < 4.78 is 5.17. The van der Waals surface area contributed by atoms with Gasteiger partial charge in [-0.05, 0) is 28.7 Å². The third-order valence-corrected chi connectivity index (χ3v) is 3.89. The Balaban J connectivity index is 2.45. The van der Waals surface area contributed by atoms with E-state index in [-0.39, 0.29) is 5.56 Å². The van der Waals surface area contributed by atoms with Gasteiger partial charge in [0.15, 0.2) is 6.23 Å². The van der Waals surface area contributed by atoms with Gasteiger partial charge in [-0.25, -0.2) is 4.79 Å². The molecule has 0 saturated carbocycles. The molecule has 2 heterocycles. The predicted molar refractivity (Wildman–Crippen MR) is 82.2 cm³/mol. The summed E-state index contributed by atoms with van der Waals surface area (Å²) in [6, 6.07) is 0. The Bertz CT molecular complexity index is 657. The Labute approximate surface area is 136 Å². The van der Waals surface area contributed by atoms with Gasteiger partial charge in [0.2, 0.25) is 0 Å². The van der Waals surface area contributed by atoms with Gasteiger partial charge in [0.25, 0.3) is 5.56 Å². The van der Waals surface area contributed by atoms with Gasteiger partial charge >= 0.3 is 5.69 Å². The van der Waals surface area contributed by atoms with Crippen LogP contribution in [-0.4, -0.2) is 47.3 Å². The number of H-pyrrole nitrogens is 1. The first-order valence-electron chi connectivity index (χ1n) is 5.82. The highest BCUT2D eigenvalue weighted by Crippen LogP contribution is 2.31. The molecule has 10 heteroatoms. The number of alkyl halides is 1. The zero-order valence-electron chi connectivity index (χ0n) is 10.4. The maximum Gasteiger partial charge on any atom is 0.330 e. The van der Waals surface area contributed by atoms with E-state index in [0.29, 0.717) is 0 Å². The molecular formula is C11H12ClIN2O6. The molecule has 1 unspecified atom stereocenters. The van der Waals surface area contributed by atoms with Gasteiger partial charge in [0.05, 0.1) is 5.56 Å². The molecule has 1 aromatic heterocycles. The van der Waals surface area contributed by atoms with Crippen molar-refractivity contribution in [3.63, 3.8) is 0 Å². The normalized spacial score (nSPS) is 30.9. The van der Waals surface area contributed by atoms with Crippen LogP contribution in [0.4, 0.5) is 0 Å². The van der Waals surface area contributed by atoms with Gasteiger partial charge in [-0.15, -0.1) is 0 Å². The Kier molecular flexibility index (Phi) is 5.22. The molecule has 1 aromatic rings. The van der Waals surface area contributed by atoms with Crippen molar-refractivity contribution in [3.05, 3.63) is 38.1 Å². The summed E-state index contributed by atoms with van der Waals surface area (Å²) in [6.07, 6.45) is -2.68. The van der Waals surface area contributed by atoms with E-state index in [1.807, 2.05) is 0 Å². The van der Waals surface area contributed by atoms with E-state index in [1.165, 1.54) is 6.08 Å². The summed E-state index contributed by atoms with van der Waals surface area (Å²) in [4.78, 5) is 25.4. The highest BCUT2D eigenvalue weighted by molar-refractivity contribution is 14.1. The zero-order chi connectivity index (χ0) is 15.7. The number of aromatic amines is 1. The van der Waals surface area contributed by atoms with E-state index in [2.05, 4.69) is 4.98 Å². The first kappa shape index (κ1) is 16.6. The summed E-state index contributed by atoms with van der Waals surface area (Å²) in [5, 5.41) is 29.2. The maximum atomic E-state index is 11.8. The third-order valence-electron chi connectivity index (χ3n) is 3.06. The molecular weight excluding hydrogens is 418 g/mol. The molecule has 0 radical (unpaired) electrons. The van der Waals surface area contributed by atoms with Crippen LogP contribution in [0.3, 0.4) is 0 Å². The van der Waals surface area contributed by atoms with E-state index in [4.69, 9.17) is 16.3 Å². The van der Waals surface area contributed by atoms with E-state index in [9.17, 15) is 24.9 Å². The second kappa shape index (κ2) is 6.58. The topological polar surface area (TPSA) is 125 Å². The van der Waals surface area contributed by atoms with Crippen LogP contribution in [0.5, 0.6) is 0 Å². The Morgan fingerprint density at radius 2 is 2.10 bits per heavy atom. The van der Waals surface area contributed by atoms with Crippen molar-refractivity contribution in [2.75, 3.05) is 0 Å². The number of rotatable bonds is 3. The molecule has 5 atom stereocenters. The fourth-order valence-corrected chi connectivity index (χ4v) is 2.75. The lowest BCUT2D eigenvalue weighted by Gasteiger charge is -2.17. The summed E-state index contributed by atoms with van der Waals surface area (Å²) in [5.74, 6) is 0. The highest BCUT2D eigenvalue weighted by Gasteiger charge is 2.46. The fourth-order valence-electron chi connectivity index (χ4n) is 2.02. The molecule has 0 aliphatic carbocycles. The first-order chi connectivity index (χ1) is 9.86. The molecule has 8 nitrogen and oxygen atoms in total. The van der Waals surface area contributed by atoms with E-state index in [1.54, 1.807) is 22.6 Å². The Morgan fingerprint density at radius 1 is 1.43 bits per heavy atom. The Morgan fingerprint density at radius 3 is 2.62 bits per heavy atom. The summed E-state index contributed by atoms with van der Waals surface area (Å²) in [7, 11) is 0. The van der Waals surface area contributed by atoms with Crippen LogP contribution >= 0.6 is 34.2 Å². The van der Waals surface area contributed by atoms with Crippen molar-refractivity contribution in [2.45, 2.75) is 28.7 Å². The molecule has 1 aliphatic heterocycles. The van der Waals surface area contributed by atoms with Crippen molar-refractivity contribution in [3.8, 4) is 0 Å². The minimum Gasteiger partial charge on any atom is -0.387 e. The van der Waals surface area contributed by atoms with Gasteiger partial charge in [0.1, 0.15) is 22.4 Å². The summed E-state index contributed by atoms with van der Waals surface area (Å²) >= 11 is 7.02. The van der Waals surface area contributed by atoms with Crippen molar-refractivity contribution < 1.29 is 20.1 Å². The molecule has 0 amide bonds. The van der Waals surface area contributed by atoms with Crippen LogP contribution in [0, 0.1) is 0 Å². The SMILES string of the molecule is O=c1[nH]c(=O)n([C@@H]2O[C@H](C(O)I)[C@@H](O)[C@H]2O)cc1C=CCl. The third kappa shape index (κ3) is 3.22. The van der Waals surface area contributed by atoms with Crippen LogP contribution in [-0.2, 0) is 4.74 Å². The van der Waals surface area contributed by atoms with Gasteiger partial charge < -0.3 is 20.1 Å². The lowest BCUT2D eigenvalue weighted by atomic mass is 10.1. The van der Waals surface area contributed by atoms with Crippen LogP contribution in [0.15, 0.2) is 21.3 Å². The maximum absolute atomic E-state index is 11.8. The van der Waals surface area contributed by atoms with Crippen molar-refractivity contribution in [1.82, 2.24) is 9.55 Å². The minimum atomic E-state index is -1.43. The zero-order valence-corrected chi connectivity index (χ0v) is 13.3. The van der Waals surface area contributed by atoms with E-state index < -0.39 is 39.9 Å². The highest BCUT2D eigenvalue weighted by atomic mass is 127. The largest absolute Gasteiger partial charge is 0.387 e. The number of aliphatic hydroxyl groups is 3. The average Bonchev–Trinajstić information content (AvgIpc) is 2.70. The Hall–Kier alpha value is -0.720. The first-order valence-corrected chi connectivity index (χ1v) is 7.51. The smallest absolute Gasteiger partial charge is 0.330 e. The molecule has 1 fully saturated rings. The molecule has 4 N–H and O–H groups in total. The predicted octanol–water partition coefficient (Wildman–Crippen LogP) is -0.881. The van der Waals surface area contributed by atoms with Crippen molar-refractivity contribution >= 4 is 40.3 Å². The van der Waals surface area contributed by atoms with Crippen molar-refractivity contribution in [2.24, 2.45) is 0 Å². The number of nitrogens with zero attached hydrogens (tertiary/aromatic N) is 1. The summed E-state index contributed by atoms with van der Waals surface area (Å²) in [5.41, 5.74) is -0.288. The number of aliphatic hydroxyl groups excluding tert-OH is 3. The molecule has 2 rings (SSSR count). The van der Waals surface area contributed by atoms with Gasteiger partial charge in [-0.2, -0.15) is 0 Å². The summed E-state index contributed by atoms with van der Waals surface area (Å²) in [6.45, 7) is 0. The number of hydrogen-bond donors (Lipinski definition) is 4. The number of hydrogen-bond acceptors (Lipinski definition) is 6. The van der Waals surface area contributed by atoms with Crippen LogP contribution in [0.2, 0.25) is 0 Å². The molecule has 1 saturated heterocycles. The molecule has 116 valence electrons. The lowest BCUT2D eigenvalue weighted by Crippen LogP contribution is -2.38. The second-order valence-electron chi connectivity index (χ2n) is 4.39. The van der Waals surface area contributed by atoms with Gasteiger partial charge in [0, 0.05) is 11.7 Å². The number of halogens is 2. The standard InChI is InChI=1S/C11H12ClIN2O6/c12-2-1-4-3-15(11(20)14-9(4)19)10-6(17)5(16)7(21-10)8(13)18/h1-3,5-8,10,16-18H,(H,14,19,20)/t5-,6+,7-,8?,10+/m0/s1. The quantitative estimate of drug-likeness (QED) is 0.365. The number of aromatic nitrogens is 2. The molecule has 0 aromatic carbocycles. The average molecular weight is 431 g/mol. The van der Waals surface area contributed by atoms with Gasteiger partial charge in [-0.3, -0.25) is 14.3 Å². The van der Waals surface area contributed by atoms with E-state index in [0.717, 1.165) is 16.3 Å². The fraction of sp³-hybridized carbons (Fsp3) is 0.455. The molecule has 0 spiro atoms. The monoisotopic (exact) mass is 430 g/mol. The molecule has 1 aliphatic rings. The molecule has 0 bridgehead atoms. The number of ether oxygens (including phenoxy) is 1. The lowest BCUT2D eigenvalue weighted by molar-refractivity contribution is -0.0593. The van der Waals surface area contributed by atoms with E-state index >= 15 is 0 Å². The second-order valence-corrected chi connectivity index (χ2v) is 5.92. The number of nitrogens with one attached hydrogen (secondary N) is 1. The van der Waals surface area contributed by atoms with Crippen molar-refractivity contribution in [1.29, 1.82) is 0 Å². The van der Waals surface area contributed by atoms with Crippen LogP contribution in [0.25, 0.3) is 6.08 Å². The van der Waals surface area contributed by atoms with Crippen LogP contribution in [0.1, 0.15) is 11.8 Å². The van der Waals surface area contributed by atoms with Gasteiger partial charge in [-0.1, -0.05) is 11.6 Å². The molecule has 21 heavy (non-hydrogen) atoms.